The molecule has 0 radical (unpaired) electrons. The highest BCUT2D eigenvalue weighted by molar-refractivity contribution is 9.10. The monoisotopic (exact) mass is 293 g/mol. The van der Waals surface area contributed by atoms with Crippen LogP contribution in [0.4, 0.5) is 0 Å². The lowest BCUT2D eigenvalue weighted by Crippen LogP contribution is -2.47. The summed E-state index contributed by atoms with van der Waals surface area (Å²) in [6.45, 7) is 0.888. The third kappa shape index (κ3) is 1.77. The van der Waals surface area contributed by atoms with Gasteiger partial charge in [0.05, 0.1) is 0 Å². The second-order valence-electron chi connectivity index (χ2n) is 5.96. The molecule has 3 aliphatic carbocycles. The van der Waals surface area contributed by atoms with Gasteiger partial charge in [0.15, 0.2) is 0 Å². The minimum atomic E-state index is 0.441. The van der Waals surface area contributed by atoms with Crippen LogP contribution in [-0.4, -0.2) is 6.54 Å². The van der Waals surface area contributed by atoms with E-state index in [0.717, 1.165) is 6.54 Å². The first-order valence-electron chi connectivity index (χ1n) is 6.65. The van der Waals surface area contributed by atoms with E-state index >= 15 is 0 Å². The summed E-state index contributed by atoms with van der Waals surface area (Å²) in [7, 11) is 0. The Balaban J connectivity index is 1.93. The standard InChI is InChI=1S/C15H20BrN/c16-13-4-2-1-3-12(13)15-8-5-14(11-17,6-9-15)7-10-15/h1-4H,5-11,17H2. The molecule has 0 saturated heterocycles. The van der Waals surface area contributed by atoms with Crippen LogP contribution in [0, 0.1) is 5.41 Å². The summed E-state index contributed by atoms with van der Waals surface area (Å²) in [6, 6.07) is 8.78. The Morgan fingerprint density at radius 3 is 2.12 bits per heavy atom. The summed E-state index contributed by atoms with van der Waals surface area (Å²) in [5, 5.41) is 0. The molecule has 2 N–H and O–H groups in total. The highest BCUT2D eigenvalue weighted by Crippen LogP contribution is 2.58. The lowest BCUT2D eigenvalue weighted by Gasteiger charge is -2.53. The van der Waals surface area contributed by atoms with E-state index in [1.54, 1.807) is 0 Å². The van der Waals surface area contributed by atoms with Gasteiger partial charge in [0, 0.05) is 4.47 Å². The molecular weight excluding hydrogens is 274 g/mol. The van der Waals surface area contributed by atoms with E-state index in [2.05, 4.69) is 40.2 Å². The van der Waals surface area contributed by atoms with Crippen LogP contribution in [0.25, 0.3) is 0 Å². The van der Waals surface area contributed by atoms with Gasteiger partial charge < -0.3 is 5.73 Å². The Labute approximate surface area is 112 Å². The van der Waals surface area contributed by atoms with Gasteiger partial charge in [-0.25, -0.2) is 0 Å². The highest BCUT2D eigenvalue weighted by atomic mass is 79.9. The normalized spacial score (nSPS) is 36.1. The molecule has 0 aliphatic heterocycles. The molecule has 2 heteroatoms. The second-order valence-corrected chi connectivity index (χ2v) is 6.82. The molecule has 3 fully saturated rings. The van der Waals surface area contributed by atoms with Crippen LogP contribution < -0.4 is 5.73 Å². The van der Waals surface area contributed by atoms with Crippen LogP contribution in [0.3, 0.4) is 0 Å². The molecule has 0 unspecified atom stereocenters. The first-order valence-corrected chi connectivity index (χ1v) is 7.44. The average Bonchev–Trinajstić information content (AvgIpc) is 2.41. The molecule has 0 aromatic heterocycles. The summed E-state index contributed by atoms with van der Waals surface area (Å²) in [5.41, 5.74) is 8.44. The Kier molecular flexibility index (Phi) is 2.83. The zero-order chi connectivity index (χ0) is 11.9. The average molecular weight is 294 g/mol. The minimum absolute atomic E-state index is 0.441. The van der Waals surface area contributed by atoms with Crippen molar-refractivity contribution in [3.63, 3.8) is 0 Å². The molecule has 4 rings (SSSR count). The fourth-order valence-electron chi connectivity index (χ4n) is 3.86. The molecule has 0 spiro atoms. The number of rotatable bonds is 2. The van der Waals surface area contributed by atoms with E-state index in [1.807, 2.05) is 0 Å². The van der Waals surface area contributed by atoms with Crippen molar-refractivity contribution >= 4 is 15.9 Å². The van der Waals surface area contributed by atoms with E-state index in [9.17, 15) is 0 Å². The first-order chi connectivity index (χ1) is 8.20. The lowest BCUT2D eigenvalue weighted by molar-refractivity contribution is 0.0468. The van der Waals surface area contributed by atoms with Gasteiger partial charge in [-0.3, -0.25) is 0 Å². The van der Waals surface area contributed by atoms with Crippen molar-refractivity contribution in [1.29, 1.82) is 0 Å². The Morgan fingerprint density at radius 1 is 1.00 bits per heavy atom. The Morgan fingerprint density at radius 2 is 1.59 bits per heavy atom. The summed E-state index contributed by atoms with van der Waals surface area (Å²) in [5.74, 6) is 0. The van der Waals surface area contributed by atoms with Crippen molar-refractivity contribution < 1.29 is 0 Å². The molecule has 3 aliphatic rings. The van der Waals surface area contributed by atoms with E-state index in [4.69, 9.17) is 5.73 Å². The highest BCUT2D eigenvalue weighted by Gasteiger charge is 2.48. The SMILES string of the molecule is NCC12CCC(c3ccccc3Br)(CC1)CC2. The van der Waals surface area contributed by atoms with Crippen molar-refractivity contribution in [1.82, 2.24) is 0 Å². The number of fused-ring (bicyclic) bond motifs is 3. The molecule has 1 aromatic carbocycles. The first kappa shape index (κ1) is 11.7. The molecule has 1 nitrogen and oxygen atoms in total. The van der Waals surface area contributed by atoms with E-state index in [0.29, 0.717) is 10.8 Å². The fourth-order valence-corrected chi connectivity index (χ4v) is 4.57. The molecule has 0 amide bonds. The summed E-state index contributed by atoms with van der Waals surface area (Å²) in [6.07, 6.45) is 7.95. The number of benzene rings is 1. The van der Waals surface area contributed by atoms with E-state index in [1.165, 1.54) is 48.6 Å². The lowest BCUT2D eigenvalue weighted by atomic mass is 9.52. The van der Waals surface area contributed by atoms with E-state index < -0.39 is 0 Å². The van der Waals surface area contributed by atoms with Gasteiger partial charge in [-0.05, 0) is 67.5 Å². The van der Waals surface area contributed by atoms with Gasteiger partial charge >= 0.3 is 0 Å². The van der Waals surface area contributed by atoms with E-state index in [-0.39, 0.29) is 0 Å². The van der Waals surface area contributed by atoms with Gasteiger partial charge in [-0.2, -0.15) is 0 Å². The molecule has 1 aromatic rings. The topological polar surface area (TPSA) is 26.0 Å². The van der Waals surface area contributed by atoms with Crippen LogP contribution in [-0.2, 0) is 5.41 Å². The molecule has 2 bridgehead atoms. The predicted octanol–water partition coefficient (Wildman–Crippen LogP) is 4.00. The predicted molar refractivity (Wildman–Crippen MR) is 75.0 cm³/mol. The summed E-state index contributed by atoms with van der Waals surface area (Å²) in [4.78, 5) is 0. The zero-order valence-electron chi connectivity index (χ0n) is 10.2. The molecule has 0 heterocycles. The number of hydrogen-bond donors (Lipinski definition) is 1. The Hall–Kier alpha value is -0.340. The van der Waals surface area contributed by atoms with Crippen LogP contribution in [0.5, 0.6) is 0 Å². The number of halogens is 1. The van der Waals surface area contributed by atoms with Crippen molar-refractivity contribution in [2.45, 2.75) is 43.9 Å². The van der Waals surface area contributed by atoms with Gasteiger partial charge in [0.1, 0.15) is 0 Å². The number of nitrogens with two attached hydrogens (primary N) is 1. The van der Waals surface area contributed by atoms with Crippen molar-refractivity contribution in [3.8, 4) is 0 Å². The molecule has 92 valence electrons. The zero-order valence-corrected chi connectivity index (χ0v) is 11.8. The largest absolute Gasteiger partial charge is 0.330 e. The maximum atomic E-state index is 5.98. The Bertz CT molecular complexity index is 402. The summed E-state index contributed by atoms with van der Waals surface area (Å²) >= 11 is 3.73. The minimum Gasteiger partial charge on any atom is -0.330 e. The van der Waals surface area contributed by atoms with Crippen LogP contribution >= 0.6 is 15.9 Å². The maximum absolute atomic E-state index is 5.98. The molecular formula is C15H20BrN. The van der Waals surface area contributed by atoms with Gasteiger partial charge in [-0.15, -0.1) is 0 Å². The second kappa shape index (κ2) is 4.10. The smallest absolute Gasteiger partial charge is 0.0212 e. The van der Waals surface area contributed by atoms with Crippen molar-refractivity contribution in [3.05, 3.63) is 34.3 Å². The summed E-state index contributed by atoms with van der Waals surface area (Å²) < 4.78 is 1.29. The van der Waals surface area contributed by atoms with Crippen LogP contribution in [0.2, 0.25) is 0 Å². The fraction of sp³-hybridized carbons (Fsp3) is 0.600. The third-order valence-electron chi connectivity index (χ3n) is 5.28. The maximum Gasteiger partial charge on any atom is 0.0212 e. The van der Waals surface area contributed by atoms with Crippen molar-refractivity contribution in [2.75, 3.05) is 6.54 Å². The number of hydrogen-bond acceptors (Lipinski definition) is 1. The molecule has 3 saturated carbocycles. The van der Waals surface area contributed by atoms with Crippen LogP contribution in [0.15, 0.2) is 28.7 Å². The van der Waals surface area contributed by atoms with Gasteiger partial charge in [0.25, 0.3) is 0 Å². The molecule has 17 heavy (non-hydrogen) atoms. The van der Waals surface area contributed by atoms with Crippen molar-refractivity contribution in [2.24, 2.45) is 11.1 Å². The van der Waals surface area contributed by atoms with Gasteiger partial charge in [0.2, 0.25) is 0 Å². The van der Waals surface area contributed by atoms with Crippen LogP contribution in [0.1, 0.15) is 44.1 Å². The third-order valence-corrected chi connectivity index (χ3v) is 5.97. The molecule has 0 atom stereocenters. The van der Waals surface area contributed by atoms with Gasteiger partial charge in [-0.1, -0.05) is 34.1 Å². The quantitative estimate of drug-likeness (QED) is 0.876.